The highest BCUT2D eigenvalue weighted by Crippen LogP contribution is 2.14. The first kappa shape index (κ1) is 8.87. The molecule has 2 nitrogen and oxygen atoms in total. The van der Waals surface area contributed by atoms with Gasteiger partial charge in [0.05, 0.1) is 6.10 Å². The number of nitrogens with one attached hydrogen (secondary N) is 1. The van der Waals surface area contributed by atoms with Crippen molar-refractivity contribution in [2.45, 2.75) is 38.5 Å². The van der Waals surface area contributed by atoms with E-state index in [0.29, 0.717) is 18.9 Å². The van der Waals surface area contributed by atoms with E-state index in [1.807, 2.05) is 6.92 Å². The maximum absolute atomic E-state index is 11.7. The normalized spacial score (nSPS) is 32.7. The Labute approximate surface area is 64.9 Å². The van der Waals surface area contributed by atoms with Crippen LogP contribution in [0.15, 0.2) is 0 Å². The number of hydrogen-bond acceptors (Lipinski definition) is 2. The molecule has 1 aliphatic heterocycles. The van der Waals surface area contributed by atoms with Gasteiger partial charge in [0.25, 0.3) is 0 Å². The van der Waals surface area contributed by atoms with Gasteiger partial charge in [0.1, 0.15) is 0 Å². The second-order valence-corrected chi connectivity index (χ2v) is 2.90. The van der Waals surface area contributed by atoms with Crippen LogP contribution in [0.25, 0.3) is 0 Å². The zero-order chi connectivity index (χ0) is 8.27. The number of piperidine rings is 1. The van der Waals surface area contributed by atoms with Crippen molar-refractivity contribution in [1.82, 2.24) is 5.32 Å². The van der Waals surface area contributed by atoms with Gasteiger partial charge in [-0.25, -0.2) is 0 Å². The van der Waals surface area contributed by atoms with Crippen LogP contribution in [0.3, 0.4) is 0 Å². The molecule has 4 heteroatoms. The van der Waals surface area contributed by atoms with E-state index < -0.39 is 6.61 Å². The zero-order valence-electron chi connectivity index (χ0n) is 6.52. The van der Waals surface area contributed by atoms with Crippen LogP contribution in [0.2, 0.25) is 0 Å². The molecule has 0 saturated carbocycles. The van der Waals surface area contributed by atoms with Crippen LogP contribution in [0.1, 0.15) is 19.8 Å². The first-order valence-corrected chi connectivity index (χ1v) is 3.85. The summed E-state index contributed by atoms with van der Waals surface area (Å²) in [4.78, 5) is 0. The maximum Gasteiger partial charge on any atom is 0.345 e. The minimum absolute atomic E-state index is 0.258. The molecule has 0 spiro atoms. The molecule has 0 radical (unpaired) electrons. The maximum atomic E-state index is 11.7. The van der Waals surface area contributed by atoms with E-state index in [-0.39, 0.29) is 6.10 Å². The fourth-order valence-corrected chi connectivity index (χ4v) is 1.36. The lowest BCUT2D eigenvalue weighted by Gasteiger charge is -2.27. The standard InChI is InChI=1S/C7H13F2NO/c1-5-4-6(2-3-10-5)11-7(8)9/h5-7,10H,2-4H2,1H3/t5-,6+/m1/s1. The second kappa shape index (κ2) is 3.97. The minimum atomic E-state index is -2.62. The van der Waals surface area contributed by atoms with Gasteiger partial charge in [-0.05, 0) is 26.3 Å². The van der Waals surface area contributed by atoms with E-state index in [9.17, 15) is 8.78 Å². The second-order valence-electron chi connectivity index (χ2n) is 2.90. The van der Waals surface area contributed by atoms with Crippen molar-refractivity contribution in [2.24, 2.45) is 0 Å². The third-order valence-electron chi connectivity index (χ3n) is 1.87. The van der Waals surface area contributed by atoms with E-state index in [0.717, 1.165) is 6.54 Å². The summed E-state index contributed by atoms with van der Waals surface area (Å²) in [6, 6.07) is 0.299. The lowest BCUT2D eigenvalue weighted by Crippen LogP contribution is -2.39. The number of halogens is 2. The van der Waals surface area contributed by atoms with Gasteiger partial charge < -0.3 is 10.1 Å². The summed E-state index contributed by atoms with van der Waals surface area (Å²) in [5.74, 6) is 0. The van der Waals surface area contributed by atoms with Gasteiger partial charge in [0.15, 0.2) is 0 Å². The average Bonchev–Trinajstić information content (AvgIpc) is 1.85. The van der Waals surface area contributed by atoms with Gasteiger partial charge >= 0.3 is 6.61 Å². The number of hydrogen-bond donors (Lipinski definition) is 1. The molecule has 0 aromatic carbocycles. The van der Waals surface area contributed by atoms with E-state index in [4.69, 9.17) is 0 Å². The van der Waals surface area contributed by atoms with Gasteiger partial charge in [-0.15, -0.1) is 0 Å². The Morgan fingerprint density at radius 3 is 2.82 bits per heavy atom. The largest absolute Gasteiger partial charge is 0.345 e. The van der Waals surface area contributed by atoms with Crippen molar-refractivity contribution >= 4 is 0 Å². The molecular formula is C7H13F2NO. The summed E-state index contributed by atoms with van der Waals surface area (Å²) in [5.41, 5.74) is 0. The van der Waals surface area contributed by atoms with Crippen molar-refractivity contribution in [3.8, 4) is 0 Å². The Bertz CT molecular complexity index is 119. The highest BCUT2D eigenvalue weighted by atomic mass is 19.3. The molecule has 0 amide bonds. The fraction of sp³-hybridized carbons (Fsp3) is 1.00. The Morgan fingerprint density at radius 1 is 1.55 bits per heavy atom. The summed E-state index contributed by atoms with van der Waals surface area (Å²) >= 11 is 0. The summed E-state index contributed by atoms with van der Waals surface area (Å²) in [5, 5.41) is 3.16. The van der Waals surface area contributed by atoms with Crippen LogP contribution >= 0.6 is 0 Å². The molecule has 66 valence electrons. The number of ether oxygens (including phenoxy) is 1. The summed E-state index contributed by atoms with van der Waals surface area (Å²) in [6.45, 7) is 0.129. The van der Waals surface area contributed by atoms with Crippen LogP contribution in [-0.2, 0) is 4.74 Å². The van der Waals surface area contributed by atoms with Crippen LogP contribution in [-0.4, -0.2) is 25.3 Å². The third kappa shape index (κ3) is 3.12. The average molecular weight is 165 g/mol. The van der Waals surface area contributed by atoms with Gasteiger partial charge in [-0.3, -0.25) is 0 Å². The van der Waals surface area contributed by atoms with E-state index in [1.165, 1.54) is 0 Å². The molecular weight excluding hydrogens is 152 g/mol. The van der Waals surface area contributed by atoms with Crippen LogP contribution in [0.5, 0.6) is 0 Å². The SMILES string of the molecule is C[C@@H]1C[C@@H](OC(F)F)CCN1. The highest BCUT2D eigenvalue weighted by molar-refractivity contribution is 4.74. The lowest BCUT2D eigenvalue weighted by molar-refractivity contribution is -0.170. The molecule has 1 aliphatic rings. The van der Waals surface area contributed by atoms with E-state index in [1.54, 1.807) is 0 Å². The Balaban J connectivity index is 2.23. The molecule has 1 N–H and O–H groups in total. The monoisotopic (exact) mass is 165 g/mol. The van der Waals surface area contributed by atoms with Crippen molar-refractivity contribution in [3.05, 3.63) is 0 Å². The van der Waals surface area contributed by atoms with Crippen LogP contribution in [0.4, 0.5) is 8.78 Å². The minimum Gasteiger partial charge on any atom is -0.320 e. The molecule has 2 atom stereocenters. The van der Waals surface area contributed by atoms with Gasteiger partial charge in [-0.1, -0.05) is 0 Å². The summed E-state index contributed by atoms with van der Waals surface area (Å²) in [7, 11) is 0. The molecule has 0 aromatic rings. The topological polar surface area (TPSA) is 21.3 Å². The summed E-state index contributed by atoms with van der Waals surface area (Å²) < 4.78 is 27.8. The smallest absolute Gasteiger partial charge is 0.320 e. The first-order valence-electron chi connectivity index (χ1n) is 3.85. The molecule has 1 fully saturated rings. The molecule has 1 rings (SSSR count). The first-order chi connectivity index (χ1) is 5.18. The predicted molar refractivity (Wildman–Crippen MR) is 37.6 cm³/mol. The van der Waals surface area contributed by atoms with Crippen molar-refractivity contribution in [1.29, 1.82) is 0 Å². The van der Waals surface area contributed by atoms with Crippen molar-refractivity contribution < 1.29 is 13.5 Å². The Hall–Kier alpha value is -0.220. The molecule has 0 aromatic heterocycles. The Morgan fingerprint density at radius 2 is 2.27 bits per heavy atom. The summed E-state index contributed by atoms with van der Waals surface area (Å²) in [6.07, 6.45) is 1.12. The van der Waals surface area contributed by atoms with Crippen LogP contribution in [0, 0.1) is 0 Å². The zero-order valence-corrected chi connectivity index (χ0v) is 6.52. The van der Waals surface area contributed by atoms with Gasteiger partial charge in [0, 0.05) is 6.04 Å². The fourth-order valence-electron chi connectivity index (χ4n) is 1.36. The van der Waals surface area contributed by atoms with Gasteiger partial charge in [-0.2, -0.15) is 8.78 Å². The van der Waals surface area contributed by atoms with Crippen LogP contribution < -0.4 is 5.32 Å². The molecule has 1 saturated heterocycles. The highest BCUT2D eigenvalue weighted by Gasteiger charge is 2.21. The predicted octanol–water partition coefficient (Wildman–Crippen LogP) is 1.37. The Kier molecular flexibility index (Phi) is 3.20. The molecule has 1 heterocycles. The number of alkyl halides is 2. The van der Waals surface area contributed by atoms with Crippen molar-refractivity contribution in [2.75, 3.05) is 6.54 Å². The van der Waals surface area contributed by atoms with Gasteiger partial charge in [0.2, 0.25) is 0 Å². The third-order valence-corrected chi connectivity index (χ3v) is 1.87. The number of rotatable bonds is 2. The van der Waals surface area contributed by atoms with E-state index in [2.05, 4.69) is 10.1 Å². The lowest BCUT2D eigenvalue weighted by atomic mass is 10.0. The molecule has 11 heavy (non-hydrogen) atoms. The molecule has 0 bridgehead atoms. The van der Waals surface area contributed by atoms with Crippen molar-refractivity contribution in [3.63, 3.8) is 0 Å². The molecule has 0 aliphatic carbocycles. The van der Waals surface area contributed by atoms with E-state index >= 15 is 0 Å². The molecule has 0 unspecified atom stereocenters. The quantitative estimate of drug-likeness (QED) is 0.667.